The molecule has 0 saturated heterocycles. The minimum Gasteiger partial charge on any atom is -0.480 e. The molecule has 17 heavy (non-hydrogen) atoms. The number of thiazole rings is 1. The summed E-state index contributed by atoms with van der Waals surface area (Å²) in [6, 6.07) is 0. The van der Waals surface area contributed by atoms with Crippen LogP contribution in [-0.2, 0) is 14.8 Å². The van der Waals surface area contributed by atoms with E-state index in [1.54, 1.807) is 6.92 Å². The normalized spacial score (nSPS) is 11.6. The average molecular weight is 276 g/mol. The van der Waals surface area contributed by atoms with Crippen molar-refractivity contribution in [3.63, 3.8) is 0 Å². The molecule has 0 radical (unpaired) electrons. The van der Waals surface area contributed by atoms with E-state index in [2.05, 4.69) is 11.6 Å². The van der Waals surface area contributed by atoms with Gasteiger partial charge >= 0.3 is 5.97 Å². The third-order valence-corrected chi connectivity index (χ3v) is 5.00. The summed E-state index contributed by atoms with van der Waals surface area (Å²) in [6.07, 6.45) is 2.57. The van der Waals surface area contributed by atoms with Crippen molar-refractivity contribution in [1.29, 1.82) is 0 Å². The lowest BCUT2D eigenvalue weighted by atomic mass is 10.6. The molecule has 1 rings (SSSR count). The minimum absolute atomic E-state index is 0.0399. The molecule has 0 spiro atoms. The van der Waals surface area contributed by atoms with Gasteiger partial charge in [0.15, 0.2) is 4.21 Å². The summed E-state index contributed by atoms with van der Waals surface area (Å²) in [5.41, 5.74) is 0. The van der Waals surface area contributed by atoms with Crippen molar-refractivity contribution < 1.29 is 18.3 Å². The first-order valence-electron chi connectivity index (χ1n) is 4.63. The van der Waals surface area contributed by atoms with Crippen LogP contribution in [0.1, 0.15) is 5.01 Å². The lowest BCUT2D eigenvalue weighted by Gasteiger charge is -2.16. The summed E-state index contributed by atoms with van der Waals surface area (Å²) >= 11 is 1.01. The molecule has 94 valence electrons. The molecular formula is C9H12N2O4S2. The average Bonchev–Trinajstić information content (AvgIpc) is 2.64. The zero-order chi connectivity index (χ0) is 13.1. The van der Waals surface area contributed by atoms with Gasteiger partial charge < -0.3 is 5.11 Å². The van der Waals surface area contributed by atoms with Crippen molar-refractivity contribution in [3.8, 4) is 0 Å². The number of aromatic nitrogens is 1. The van der Waals surface area contributed by atoms with Crippen LogP contribution in [0, 0.1) is 6.92 Å². The highest BCUT2D eigenvalue weighted by Crippen LogP contribution is 2.21. The van der Waals surface area contributed by atoms with E-state index < -0.39 is 22.5 Å². The number of aryl methyl sites for hydroxylation is 1. The second-order valence-electron chi connectivity index (χ2n) is 3.18. The SMILES string of the molecule is C=CCN(CC(=O)O)S(=O)(=O)c1cnc(C)s1. The number of hydrogen-bond acceptors (Lipinski definition) is 5. The van der Waals surface area contributed by atoms with Crippen LogP contribution >= 0.6 is 11.3 Å². The number of sulfonamides is 1. The van der Waals surface area contributed by atoms with Crippen LogP contribution < -0.4 is 0 Å². The van der Waals surface area contributed by atoms with Crippen molar-refractivity contribution in [1.82, 2.24) is 9.29 Å². The molecule has 0 fully saturated rings. The summed E-state index contributed by atoms with van der Waals surface area (Å²) < 4.78 is 25.0. The van der Waals surface area contributed by atoms with Crippen molar-refractivity contribution >= 4 is 27.3 Å². The van der Waals surface area contributed by atoms with Crippen molar-refractivity contribution in [3.05, 3.63) is 23.9 Å². The number of hydrogen-bond donors (Lipinski definition) is 1. The number of carbonyl (C=O) groups is 1. The molecule has 6 nitrogen and oxygen atoms in total. The largest absolute Gasteiger partial charge is 0.480 e. The summed E-state index contributed by atoms with van der Waals surface area (Å²) in [5.74, 6) is -1.21. The van der Waals surface area contributed by atoms with Gasteiger partial charge in [-0.15, -0.1) is 17.9 Å². The molecule has 0 saturated carbocycles. The van der Waals surface area contributed by atoms with Crippen molar-refractivity contribution in [2.24, 2.45) is 0 Å². The maximum Gasteiger partial charge on any atom is 0.318 e. The first-order valence-corrected chi connectivity index (χ1v) is 6.89. The predicted molar refractivity (Wildman–Crippen MR) is 63.4 cm³/mol. The molecule has 0 unspecified atom stereocenters. The van der Waals surface area contributed by atoms with E-state index in [0.717, 1.165) is 15.6 Å². The molecule has 0 atom stereocenters. The Balaban J connectivity index is 3.07. The lowest BCUT2D eigenvalue weighted by molar-refractivity contribution is -0.137. The fourth-order valence-electron chi connectivity index (χ4n) is 1.13. The van der Waals surface area contributed by atoms with Gasteiger partial charge in [0.2, 0.25) is 0 Å². The van der Waals surface area contributed by atoms with E-state index >= 15 is 0 Å². The van der Waals surface area contributed by atoms with Gasteiger partial charge in [0.05, 0.1) is 11.2 Å². The lowest BCUT2D eigenvalue weighted by Crippen LogP contribution is -2.35. The highest BCUT2D eigenvalue weighted by atomic mass is 32.2. The van der Waals surface area contributed by atoms with Crippen molar-refractivity contribution in [2.75, 3.05) is 13.1 Å². The van der Waals surface area contributed by atoms with Crippen LogP contribution in [0.25, 0.3) is 0 Å². The highest BCUT2D eigenvalue weighted by Gasteiger charge is 2.27. The number of nitrogens with zero attached hydrogens (tertiary/aromatic N) is 2. The zero-order valence-corrected chi connectivity index (χ0v) is 10.8. The Labute approximate surface area is 103 Å². The smallest absolute Gasteiger partial charge is 0.318 e. The molecule has 0 aliphatic rings. The third kappa shape index (κ3) is 3.35. The quantitative estimate of drug-likeness (QED) is 0.773. The summed E-state index contributed by atoms with van der Waals surface area (Å²) in [4.78, 5) is 14.5. The van der Waals surface area contributed by atoms with Crippen molar-refractivity contribution in [2.45, 2.75) is 11.1 Å². The molecule has 0 bridgehead atoms. The fraction of sp³-hybridized carbons (Fsp3) is 0.333. The second-order valence-corrected chi connectivity index (χ2v) is 6.58. The Morgan fingerprint density at radius 1 is 1.71 bits per heavy atom. The van der Waals surface area contributed by atoms with Crippen LogP contribution in [0.4, 0.5) is 0 Å². The topological polar surface area (TPSA) is 87.6 Å². The van der Waals surface area contributed by atoms with Gasteiger partial charge in [-0.05, 0) is 6.92 Å². The predicted octanol–water partition coefficient (Wildman–Crippen LogP) is 0.713. The van der Waals surface area contributed by atoms with Gasteiger partial charge in [-0.1, -0.05) is 6.08 Å². The molecule has 1 aromatic heterocycles. The third-order valence-electron chi connectivity index (χ3n) is 1.84. The van der Waals surface area contributed by atoms with E-state index in [1.165, 1.54) is 12.3 Å². The Morgan fingerprint density at radius 3 is 2.76 bits per heavy atom. The van der Waals surface area contributed by atoms with Gasteiger partial charge in [-0.2, -0.15) is 4.31 Å². The Morgan fingerprint density at radius 2 is 2.35 bits per heavy atom. The molecule has 1 heterocycles. The standard InChI is InChI=1S/C9H12N2O4S2/c1-3-4-11(6-8(12)13)17(14,15)9-5-10-7(2)16-9/h3,5H,1,4,6H2,2H3,(H,12,13). The van der Waals surface area contributed by atoms with Gasteiger partial charge in [0, 0.05) is 6.54 Å². The van der Waals surface area contributed by atoms with Crippen LogP contribution in [0.15, 0.2) is 23.1 Å². The molecular weight excluding hydrogens is 264 g/mol. The number of aliphatic carboxylic acids is 1. The molecule has 1 N–H and O–H groups in total. The maximum absolute atomic E-state index is 12.1. The highest BCUT2D eigenvalue weighted by molar-refractivity contribution is 7.91. The number of rotatable bonds is 6. The molecule has 0 amide bonds. The molecule has 8 heteroatoms. The number of carboxylic acids is 1. The Hall–Kier alpha value is -1.25. The maximum atomic E-state index is 12.1. The van der Waals surface area contributed by atoms with Crippen LogP contribution in [0.2, 0.25) is 0 Å². The summed E-state index contributed by atoms with van der Waals surface area (Å²) in [5, 5.41) is 9.28. The van der Waals surface area contributed by atoms with Gasteiger partial charge in [0.25, 0.3) is 10.0 Å². The van der Waals surface area contributed by atoms with Gasteiger partial charge in [0.1, 0.15) is 6.54 Å². The first-order chi connectivity index (χ1) is 7.87. The zero-order valence-electron chi connectivity index (χ0n) is 9.16. The molecule has 0 aromatic carbocycles. The van der Waals surface area contributed by atoms with Crippen LogP contribution in [0.3, 0.4) is 0 Å². The van der Waals surface area contributed by atoms with E-state index in [0.29, 0.717) is 5.01 Å². The van der Waals surface area contributed by atoms with E-state index in [4.69, 9.17) is 5.11 Å². The molecule has 0 aliphatic carbocycles. The summed E-state index contributed by atoms with van der Waals surface area (Å²) in [7, 11) is -3.80. The first kappa shape index (κ1) is 13.8. The van der Waals surface area contributed by atoms with Crippen LogP contribution in [0.5, 0.6) is 0 Å². The minimum atomic E-state index is -3.80. The Kier molecular flexibility index (Phi) is 4.38. The van der Waals surface area contributed by atoms with Gasteiger partial charge in [-0.25, -0.2) is 13.4 Å². The fourth-order valence-corrected chi connectivity index (χ4v) is 3.75. The second kappa shape index (κ2) is 5.39. The van der Waals surface area contributed by atoms with E-state index in [9.17, 15) is 13.2 Å². The summed E-state index contributed by atoms with van der Waals surface area (Å²) in [6.45, 7) is 4.45. The van der Waals surface area contributed by atoms with Crippen LogP contribution in [-0.4, -0.2) is 41.9 Å². The monoisotopic (exact) mass is 276 g/mol. The van der Waals surface area contributed by atoms with Gasteiger partial charge in [-0.3, -0.25) is 4.79 Å². The Bertz CT molecular complexity index is 521. The molecule has 1 aromatic rings. The van der Waals surface area contributed by atoms with E-state index in [1.807, 2.05) is 0 Å². The number of carboxylic acid groups (broad SMARTS) is 1. The van der Waals surface area contributed by atoms with E-state index in [-0.39, 0.29) is 10.8 Å². The molecule has 0 aliphatic heterocycles.